The van der Waals surface area contributed by atoms with Gasteiger partial charge in [0.1, 0.15) is 12.3 Å². The number of hydrogen-bond acceptors (Lipinski definition) is 4. The summed E-state index contributed by atoms with van der Waals surface area (Å²) in [6.45, 7) is 2.98. The summed E-state index contributed by atoms with van der Waals surface area (Å²) in [5, 5.41) is 2.87. The Hall–Kier alpha value is -2.28. The Bertz CT molecular complexity index is 616. The zero-order valence-corrected chi connectivity index (χ0v) is 14.6. The molecular weight excluding hydrogens is 322 g/mol. The average molecular weight is 347 g/mol. The number of ether oxygens (including phenoxy) is 2. The summed E-state index contributed by atoms with van der Waals surface area (Å²) in [5.74, 6) is 0.735. The van der Waals surface area contributed by atoms with E-state index in [0.717, 1.165) is 30.8 Å². The van der Waals surface area contributed by atoms with Crippen LogP contribution in [-0.2, 0) is 16.1 Å². The zero-order valence-electron chi connectivity index (χ0n) is 14.6. The van der Waals surface area contributed by atoms with Gasteiger partial charge in [-0.05, 0) is 30.5 Å². The molecule has 0 aromatic heterocycles. The van der Waals surface area contributed by atoms with Gasteiger partial charge in [0.2, 0.25) is 5.91 Å². The summed E-state index contributed by atoms with van der Waals surface area (Å²) >= 11 is 0. The number of amides is 3. The fourth-order valence-corrected chi connectivity index (χ4v) is 3.16. The fourth-order valence-electron chi connectivity index (χ4n) is 3.16. The van der Waals surface area contributed by atoms with Gasteiger partial charge in [0.25, 0.3) is 0 Å². The molecule has 25 heavy (non-hydrogen) atoms. The minimum Gasteiger partial charge on any atom is -0.497 e. The van der Waals surface area contributed by atoms with Crippen LogP contribution in [-0.4, -0.2) is 67.7 Å². The highest BCUT2D eigenvalue weighted by molar-refractivity contribution is 5.85. The third-order valence-corrected chi connectivity index (χ3v) is 4.62. The molecule has 7 heteroatoms. The van der Waals surface area contributed by atoms with Crippen molar-refractivity contribution in [2.75, 3.05) is 39.9 Å². The van der Waals surface area contributed by atoms with Crippen LogP contribution in [0.1, 0.15) is 18.4 Å². The first-order chi connectivity index (χ1) is 12.2. The molecule has 1 unspecified atom stereocenters. The van der Waals surface area contributed by atoms with Crippen molar-refractivity contribution in [2.24, 2.45) is 0 Å². The summed E-state index contributed by atoms with van der Waals surface area (Å²) < 4.78 is 10.7. The third kappa shape index (κ3) is 4.63. The van der Waals surface area contributed by atoms with Crippen molar-refractivity contribution in [3.63, 3.8) is 0 Å². The van der Waals surface area contributed by atoms with Gasteiger partial charge in [0, 0.05) is 32.8 Å². The standard InChI is InChI=1S/C18H25N3O4/c1-24-15-5-2-4-14(10-15)12-20-7-8-21(13-17(20)22)18(23)19-11-16-6-3-9-25-16/h2,4-5,10,16H,3,6-9,11-13H2,1H3,(H,19,23). The number of carbonyl (C=O) groups excluding carboxylic acids is 2. The van der Waals surface area contributed by atoms with Gasteiger partial charge < -0.3 is 24.6 Å². The smallest absolute Gasteiger partial charge is 0.318 e. The number of nitrogens with zero attached hydrogens (tertiary/aromatic N) is 2. The van der Waals surface area contributed by atoms with Gasteiger partial charge in [0.05, 0.1) is 13.2 Å². The Morgan fingerprint density at radius 3 is 3.00 bits per heavy atom. The minimum absolute atomic E-state index is 0.0404. The molecule has 7 nitrogen and oxygen atoms in total. The maximum absolute atomic E-state index is 12.4. The molecule has 0 bridgehead atoms. The number of rotatable bonds is 5. The minimum atomic E-state index is -0.190. The fraction of sp³-hybridized carbons (Fsp3) is 0.556. The van der Waals surface area contributed by atoms with Gasteiger partial charge in [0.15, 0.2) is 0 Å². The number of urea groups is 1. The molecule has 0 spiro atoms. The molecule has 3 amide bonds. The lowest BCUT2D eigenvalue weighted by molar-refractivity contribution is -0.135. The molecule has 1 N–H and O–H groups in total. The Labute approximate surface area is 147 Å². The summed E-state index contributed by atoms with van der Waals surface area (Å²) in [6.07, 6.45) is 2.13. The Morgan fingerprint density at radius 1 is 1.40 bits per heavy atom. The van der Waals surface area contributed by atoms with Crippen LogP contribution in [0.15, 0.2) is 24.3 Å². The van der Waals surface area contributed by atoms with E-state index in [2.05, 4.69) is 5.32 Å². The molecule has 3 rings (SSSR count). The van der Waals surface area contributed by atoms with Crippen molar-refractivity contribution in [1.29, 1.82) is 0 Å². The molecule has 0 aliphatic carbocycles. The second-order valence-corrected chi connectivity index (χ2v) is 6.41. The molecule has 2 saturated heterocycles. The molecule has 2 fully saturated rings. The predicted octanol–water partition coefficient (Wildman–Crippen LogP) is 1.23. The third-order valence-electron chi connectivity index (χ3n) is 4.62. The predicted molar refractivity (Wildman–Crippen MR) is 92.4 cm³/mol. The van der Waals surface area contributed by atoms with Gasteiger partial charge in [-0.2, -0.15) is 0 Å². The van der Waals surface area contributed by atoms with E-state index in [1.807, 2.05) is 24.3 Å². The van der Waals surface area contributed by atoms with Crippen molar-refractivity contribution in [2.45, 2.75) is 25.5 Å². The first kappa shape index (κ1) is 17.5. The molecule has 1 atom stereocenters. The van der Waals surface area contributed by atoms with E-state index in [4.69, 9.17) is 9.47 Å². The Morgan fingerprint density at radius 2 is 2.28 bits per heavy atom. The van der Waals surface area contributed by atoms with E-state index in [9.17, 15) is 9.59 Å². The maximum atomic E-state index is 12.4. The van der Waals surface area contributed by atoms with Crippen LogP contribution in [0.25, 0.3) is 0 Å². The van der Waals surface area contributed by atoms with E-state index in [-0.39, 0.29) is 24.6 Å². The zero-order chi connectivity index (χ0) is 17.6. The summed E-state index contributed by atoms with van der Waals surface area (Å²) in [5.41, 5.74) is 1.02. The summed E-state index contributed by atoms with van der Waals surface area (Å²) in [4.78, 5) is 27.9. The first-order valence-corrected chi connectivity index (χ1v) is 8.71. The van der Waals surface area contributed by atoms with E-state index >= 15 is 0 Å². The topological polar surface area (TPSA) is 71.1 Å². The molecule has 136 valence electrons. The normalized spacial score (nSPS) is 20.7. The van der Waals surface area contributed by atoms with Gasteiger partial charge in [-0.15, -0.1) is 0 Å². The lowest BCUT2D eigenvalue weighted by Gasteiger charge is -2.34. The number of benzene rings is 1. The highest BCUT2D eigenvalue weighted by Crippen LogP contribution is 2.16. The number of piperazine rings is 1. The van der Waals surface area contributed by atoms with Crippen LogP contribution < -0.4 is 10.1 Å². The van der Waals surface area contributed by atoms with E-state index in [1.165, 1.54) is 0 Å². The maximum Gasteiger partial charge on any atom is 0.318 e. The Balaban J connectivity index is 1.48. The van der Waals surface area contributed by atoms with Crippen molar-refractivity contribution >= 4 is 11.9 Å². The number of nitrogens with one attached hydrogen (secondary N) is 1. The number of methoxy groups -OCH3 is 1. The van der Waals surface area contributed by atoms with Gasteiger partial charge in [-0.25, -0.2) is 4.79 Å². The van der Waals surface area contributed by atoms with Crippen LogP contribution >= 0.6 is 0 Å². The van der Waals surface area contributed by atoms with Crippen LogP contribution in [0.5, 0.6) is 5.75 Å². The second-order valence-electron chi connectivity index (χ2n) is 6.41. The second kappa shape index (κ2) is 8.20. The molecule has 2 heterocycles. The summed E-state index contributed by atoms with van der Waals surface area (Å²) in [7, 11) is 1.62. The first-order valence-electron chi connectivity index (χ1n) is 8.71. The summed E-state index contributed by atoms with van der Waals surface area (Å²) in [6, 6.07) is 7.49. The van der Waals surface area contributed by atoms with Crippen LogP contribution in [0, 0.1) is 0 Å². The van der Waals surface area contributed by atoms with Gasteiger partial charge >= 0.3 is 6.03 Å². The van der Waals surface area contributed by atoms with Crippen molar-refractivity contribution in [3.8, 4) is 5.75 Å². The van der Waals surface area contributed by atoms with Gasteiger partial charge in [-0.3, -0.25) is 4.79 Å². The quantitative estimate of drug-likeness (QED) is 0.870. The van der Waals surface area contributed by atoms with Crippen molar-refractivity contribution in [1.82, 2.24) is 15.1 Å². The molecule has 2 aliphatic heterocycles. The van der Waals surface area contributed by atoms with E-state index < -0.39 is 0 Å². The molecular formula is C18H25N3O4. The number of carbonyl (C=O) groups is 2. The molecule has 0 saturated carbocycles. The van der Waals surface area contributed by atoms with Crippen molar-refractivity contribution in [3.05, 3.63) is 29.8 Å². The molecule has 1 aromatic carbocycles. The molecule has 1 aromatic rings. The molecule has 2 aliphatic rings. The lowest BCUT2D eigenvalue weighted by Crippen LogP contribution is -2.54. The largest absolute Gasteiger partial charge is 0.497 e. The highest BCUT2D eigenvalue weighted by Gasteiger charge is 2.27. The van der Waals surface area contributed by atoms with Crippen LogP contribution in [0.2, 0.25) is 0 Å². The van der Waals surface area contributed by atoms with Gasteiger partial charge in [-0.1, -0.05) is 12.1 Å². The van der Waals surface area contributed by atoms with Crippen molar-refractivity contribution < 1.29 is 19.1 Å². The SMILES string of the molecule is COc1cccc(CN2CCN(C(=O)NCC3CCCO3)CC2=O)c1. The monoisotopic (exact) mass is 347 g/mol. The average Bonchev–Trinajstić information content (AvgIpc) is 3.15. The molecule has 0 radical (unpaired) electrons. The lowest BCUT2D eigenvalue weighted by atomic mass is 10.2. The Kier molecular flexibility index (Phi) is 5.75. The van der Waals surface area contributed by atoms with Crippen LogP contribution in [0.4, 0.5) is 4.79 Å². The number of hydrogen-bond donors (Lipinski definition) is 1. The highest BCUT2D eigenvalue weighted by atomic mass is 16.5. The van der Waals surface area contributed by atoms with E-state index in [0.29, 0.717) is 26.2 Å². The van der Waals surface area contributed by atoms with E-state index in [1.54, 1.807) is 16.9 Å². The van der Waals surface area contributed by atoms with Crippen LogP contribution in [0.3, 0.4) is 0 Å².